The van der Waals surface area contributed by atoms with Crippen LogP contribution in [-0.4, -0.2) is 49.2 Å². The van der Waals surface area contributed by atoms with Crippen LogP contribution in [0.25, 0.3) is 0 Å². The lowest BCUT2D eigenvalue weighted by Crippen LogP contribution is -2.59. The SMILES string of the molecule is CONC(=O)c1ccc(N(Cc2ccc(C3CCCCC3)cn2)C(=O)[C@H]2CCN2S(=O)(=O)c2c(F)c(F)c(F)c(F)c2F)cc1OCc1ccccc1. The lowest BCUT2D eigenvalue weighted by atomic mass is 9.85. The average Bonchev–Trinajstić information content (AvgIpc) is 3.14. The number of nitrogens with one attached hydrogen (secondary N) is 1. The Hall–Kier alpha value is -4.93. The normalized spacial score (nSPS) is 16.5. The van der Waals surface area contributed by atoms with Gasteiger partial charge in [0.2, 0.25) is 21.7 Å². The van der Waals surface area contributed by atoms with Crippen molar-refractivity contribution in [2.45, 2.75) is 68.5 Å². The number of benzene rings is 3. The molecular formula is C37H35F5N4O6S. The topological polar surface area (TPSA) is 118 Å². The number of aromatic nitrogens is 1. The zero-order chi connectivity index (χ0) is 37.9. The van der Waals surface area contributed by atoms with Crippen LogP contribution in [0.2, 0.25) is 0 Å². The molecule has 1 N–H and O–H groups in total. The minimum absolute atomic E-state index is 0.0201. The Labute approximate surface area is 302 Å². The first kappa shape index (κ1) is 37.8. The predicted molar refractivity (Wildman–Crippen MR) is 181 cm³/mol. The smallest absolute Gasteiger partial charge is 0.278 e. The summed E-state index contributed by atoms with van der Waals surface area (Å²) in [5, 5.41) is 0. The van der Waals surface area contributed by atoms with Crippen LogP contribution in [0.1, 0.15) is 71.6 Å². The predicted octanol–water partition coefficient (Wildman–Crippen LogP) is 6.69. The highest BCUT2D eigenvalue weighted by atomic mass is 32.2. The van der Waals surface area contributed by atoms with Crippen LogP contribution < -0.4 is 15.1 Å². The molecular weight excluding hydrogens is 723 g/mol. The molecule has 3 aromatic carbocycles. The Morgan fingerprint density at radius 3 is 2.17 bits per heavy atom. The largest absolute Gasteiger partial charge is 0.488 e. The fourth-order valence-corrected chi connectivity index (χ4v) is 8.28. The minimum atomic E-state index is -5.42. The Balaban J connectivity index is 1.37. The standard InChI is InChI=1S/C37H35F5N4O6S/c1-51-44-36(47)27-15-14-26(18-29(27)52-21-22-8-4-2-5-9-22)45(20-25-13-12-24(19-43-25)23-10-6-3-7-11-23)37(48)28-16-17-46(28)53(49,50)35-33(41)31(39)30(38)32(40)34(35)42/h2,4-5,8-9,12-15,18-19,23,28H,3,6-7,10-11,16-17,20-21H2,1H3,(H,44,47)/t28-/m1/s1. The highest BCUT2D eigenvalue weighted by molar-refractivity contribution is 7.89. The second-order valence-corrected chi connectivity index (χ2v) is 14.6. The number of hydrogen-bond donors (Lipinski definition) is 1. The summed E-state index contributed by atoms with van der Waals surface area (Å²) >= 11 is 0. The van der Waals surface area contributed by atoms with E-state index in [4.69, 9.17) is 9.57 Å². The second kappa shape index (κ2) is 16.0. The van der Waals surface area contributed by atoms with E-state index in [1.165, 1.54) is 36.6 Å². The summed E-state index contributed by atoms with van der Waals surface area (Å²) in [7, 11) is -4.17. The number of anilines is 1. The Morgan fingerprint density at radius 1 is 0.887 bits per heavy atom. The van der Waals surface area contributed by atoms with Gasteiger partial charge in [-0.1, -0.05) is 55.7 Å². The quantitative estimate of drug-likeness (QED) is 0.0741. The van der Waals surface area contributed by atoms with E-state index in [1.807, 2.05) is 12.1 Å². The summed E-state index contributed by atoms with van der Waals surface area (Å²) < 4.78 is 105. The van der Waals surface area contributed by atoms with Gasteiger partial charge >= 0.3 is 0 Å². The maximum atomic E-state index is 14.7. The van der Waals surface area contributed by atoms with Crippen LogP contribution in [0.15, 0.2) is 71.8 Å². The highest BCUT2D eigenvalue weighted by Gasteiger charge is 2.48. The monoisotopic (exact) mass is 758 g/mol. The molecule has 1 saturated heterocycles. The van der Waals surface area contributed by atoms with Gasteiger partial charge in [0.25, 0.3) is 5.91 Å². The van der Waals surface area contributed by atoms with E-state index in [1.54, 1.807) is 36.5 Å². The third-order valence-corrected chi connectivity index (χ3v) is 11.4. The summed E-state index contributed by atoms with van der Waals surface area (Å²) in [5.74, 6) is -13.6. The second-order valence-electron chi connectivity index (χ2n) is 12.8. The van der Waals surface area contributed by atoms with Gasteiger partial charge in [-0.05, 0) is 54.5 Å². The van der Waals surface area contributed by atoms with Crippen molar-refractivity contribution < 1.29 is 49.5 Å². The summed E-state index contributed by atoms with van der Waals surface area (Å²) in [6.45, 7) is -0.646. The fraction of sp³-hybridized carbons (Fsp3) is 0.324. The molecule has 4 aromatic rings. The van der Waals surface area contributed by atoms with Crippen molar-refractivity contribution in [1.29, 1.82) is 0 Å². The van der Waals surface area contributed by atoms with E-state index >= 15 is 0 Å². The number of ether oxygens (including phenoxy) is 1. The molecule has 16 heteroatoms. The first-order chi connectivity index (χ1) is 25.4. The summed E-state index contributed by atoms with van der Waals surface area (Å²) in [6.07, 6.45) is 7.01. The van der Waals surface area contributed by atoms with E-state index < -0.39 is 68.4 Å². The van der Waals surface area contributed by atoms with E-state index in [0.717, 1.165) is 36.8 Å². The molecule has 2 fully saturated rings. The van der Waals surface area contributed by atoms with Crippen molar-refractivity contribution in [3.05, 3.63) is 118 Å². The zero-order valence-electron chi connectivity index (χ0n) is 28.5. The van der Waals surface area contributed by atoms with Crippen molar-refractivity contribution in [3.63, 3.8) is 0 Å². The maximum Gasteiger partial charge on any atom is 0.278 e. The molecule has 1 aromatic heterocycles. The number of pyridine rings is 1. The first-order valence-electron chi connectivity index (χ1n) is 16.9. The third kappa shape index (κ3) is 7.75. The third-order valence-electron chi connectivity index (χ3n) is 9.46. The van der Waals surface area contributed by atoms with Crippen LogP contribution in [0, 0.1) is 29.1 Å². The number of rotatable bonds is 12. The minimum Gasteiger partial charge on any atom is -0.488 e. The van der Waals surface area contributed by atoms with Crippen LogP contribution >= 0.6 is 0 Å². The number of halogens is 5. The van der Waals surface area contributed by atoms with E-state index in [9.17, 15) is 40.0 Å². The molecule has 0 bridgehead atoms. The van der Waals surface area contributed by atoms with Crippen LogP contribution in [0.5, 0.6) is 5.75 Å². The van der Waals surface area contributed by atoms with Gasteiger partial charge < -0.3 is 9.64 Å². The van der Waals surface area contributed by atoms with Gasteiger partial charge in [0, 0.05) is 24.5 Å². The van der Waals surface area contributed by atoms with Gasteiger partial charge in [0.1, 0.15) is 18.4 Å². The van der Waals surface area contributed by atoms with Gasteiger partial charge in [0.15, 0.2) is 28.2 Å². The number of hydrogen-bond acceptors (Lipinski definition) is 7. The van der Waals surface area contributed by atoms with Crippen LogP contribution in [0.4, 0.5) is 27.6 Å². The Kier molecular flexibility index (Phi) is 11.4. The molecule has 2 heterocycles. The highest BCUT2D eigenvalue weighted by Crippen LogP contribution is 2.37. The average molecular weight is 759 g/mol. The molecule has 1 atom stereocenters. The summed E-state index contributed by atoms with van der Waals surface area (Å²) in [5.41, 5.74) is 4.58. The molecule has 1 aliphatic heterocycles. The lowest BCUT2D eigenvalue weighted by molar-refractivity contribution is -0.125. The number of carbonyl (C=O) groups excluding carboxylic acids is 2. The zero-order valence-corrected chi connectivity index (χ0v) is 29.3. The van der Waals surface area contributed by atoms with E-state index in [2.05, 4.69) is 10.5 Å². The van der Waals surface area contributed by atoms with Crippen LogP contribution in [-0.2, 0) is 32.8 Å². The molecule has 0 radical (unpaired) electrons. The lowest BCUT2D eigenvalue weighted by Gasteiger charge is -2.41. The molecule has 6 rings (SSSR count). The molecule has 2 aliphatic rings. The van der Waals surface area contributed by atoms with Crippen molar-refractivity contribution in [3.8, 4) is 5.75 Å². The van der Waals surface area contributed by atoms with Gasteiger partial charge in [0.05, 0.1) is 24.9 Å². The molecule has 0 unspecified atom stereocenters. The fourth-order valence-electron chi connectivity index (χ4n) is 6.54. The Morgan fingerprint density at radius 2 is 1.57 bits per heavy atom. The van der Waals surface area contributed by atoms with Crippen molar-refractivity contribution >= 4 is 27.5 Å². The summed E-state index contributed by atoms with van der Waals surface area (Å²) in [4.78, 5) is 35.7. The molecule has 1 aliphatic carbocycles. The number of hydroxylamine groups is 1. The molecule has 10 nitrogen and oxygen atoms in total. The maximum absolute atomic E-state index is 14.7. The Bertz CT molecular complexity index is 2070. The van der Waals surface area contributed by atoms with Gasteiger partial charge in [-0.15, -0.1) is 0 Å². The molecule has 1 saturated carbocycles. The van der Waals surface area contributed by atoms with Crippen molar-refractivity contribution in [1.82, 2.24) is 14.8 Å². The first-order valence-corrected chi connectivity index (χ1v) is 18.3. The van der Waals surface area contributed by atoms with Gasteiger partial charge in [-0.3, -0.25) is 19.4 Å². The van der Waals surface area contributed by atoms with E-state index in [0.29, 0.717) is 15.9 Å². The molecule has 0 spiro atoms. The number of amides is 2. The van der Waals surface area contributed by atoms with Crippen LogP contribution in [0.3, 0.4) is 0 Å². The van der Waals surface area contributed by atoms with Gasteiger partial charge in [-0.25, -0.2) is 35.8 Å². The number of nitrogens with zero attached hydrogens (tertiary/aromatic N) is 3. The number of carbonyl (C=O) groups is 2. The molecule has 280 valence electrons. The number of sulfonamides is 1. The van der Waals surface area contributed by atoms with E-state index in [-0.39, 0.29) is 36.6 Å². The summed E-state index contributed by atoms with van der Waals surface area (Å²) in [6, 6.07) is 15.2. The van der Waals surface area contributed by atoms with Gasteiger partial charge in [-0.2, -0.15) is 4.31 Å². The molecule has 53 heavy (non-hydrogen) atoms. The van der Waals surface area contributed by atoms with Crippen molar-refractivity contribution in [2.75, 3.05) is 18.6 Å². The van der Waals surface area contributed by atoms with Crippen molar-refractivity contribution in [2.24, 2.45) is 0 Å². The molecule has 2 amide bonds.